The third-order valence-corrected chi connectivity index (χ3v) is 6.01. The van der Waals surface area contributed by atoms with E-state index in [1.807, 2.05) is 64.1 Å². The molecule has 0 saturated carbocycles. The third kappa shape index (κ3) is 8.76. The van der Waals surface area contributed by atoms with Crippen molar-refractivity contribution in [3.63, 3.8) is 0 Å². The highest BCUT2D eigenvalue weighted by Crippen LogP contribution is 2.20. The van der Waals surface area contributed by atoms with Gasteiger partial charge in [-0.15, -0.1) is 11.8 Å². The van der Waals surface area contributed by atoms with Gasteiger partial charge in [0.1, 0.15) is 6.04 Å². The van der Waals surface area contributed by atoms with Crippen LogP contribution in [0.15, 0.2) is 48.5 Å². The van der Waals surface area contributed by atoms with E-state index < -0.39 is 6.04 Å². The zero-order valence-electron chi connectivity index (χ0n) is 18.5. The molecule has 31 heavy (non-hydrogen) atoms. The van der Waals surface area contributed by atoms with Crippen LogP contribution >= 0.6 is 35.0 Å². The lowest BCUT2D eigenvalue weighted by Crippen LogP contribution is -2.53. The molecule has 0 aliphatic heterocycles. The molecule has 4 nitrogen and oxygen atoms in total. The van der Waals surface area contributed by atoms with Gasteiger partial charge >= 0.3 is 0 Å². The average molecular weight is 481 g/mol. The molecule has 2 rings (SSSR count). The molecule has 0 spiro atoms. The number of hydrogen-bond donors (Lipinski definition) is 1. The summed E-state index contributed by atoms with van der Waals surface area (Å²) in [7, 11) is 0. The van der Waals surface area contributed by atoms with Crippen molar-refractivity contribution < 1.29 is 9.59 Å². The number of carbonyl (C=O) groups excluding carboxylic acids is 2. The van der Waals surface area contributed by atoms with Crippen LogP contribution in [0.5, 0.6) is 0 Å². The van der Waals surface area contributed by atoms with Crippen molar-refractivity contribution in [1.82, 2.24) is 10.2 Å². The third-order valence-electron chi connectivity index (χ3n) is 4.53. The summed E-state index contributed by atoms with van der Waals surface area (Å²) in [4.78, 5) is 27.9. The Bertz CT molecular complexity index is 882. The number of thioether (sulfide) groups is 1. The Morgan fingerprint density at radius 2 is 1.71 bits per heavy atom. The minimum atomic E-state index is -0.547. The second-order valence-corrected chi connectivity index (χ2v) is 10.3. The molecular weight excluding hydrogens is 451 g/mol. The van der Waals surface area contributed by atoms with Gasteiger partial charge in [0.2, 0.25) is 11.8 Å². The molecule has 0 unspecified atom stereocenters. The molecule has 0 saturated heterocycles. The van der Waals surface area contributed by atoms with Crippen molar-refractivity contribution in [1.29, 1.82) is 0 Å². The monoisotopic (exact) mass is 480 g/mol. The van der Waals surface area contributed by atoms with E-state index >= 15 is 0 Å². The summed E-state index contributed by atoms with van der Waals surface area (Å²) in [5, 5.41) is 4.33. The molecule has 0 aromatic heterocycles. The second-order valence-electron chi connectivity index (χ2n) is 8.43. The molecule has 2 aromatic rings. The maximum absolute atomic E-state index is 13.2. The number of carbonyl (C=O) groups is 2. The van der Waals surface area contributed by atoms with Crippen LogP contribution in [0.1, 0.15) is 45.2 Å². The topological polar surface area (TPSA) is 49.4 Å². The molecule has 1 atom stereocenters. The van der Waals surface area contributed by atoms with Crippen molar-refractivity contribution in [2.45, 2.75) is 58.0 Å². The normalized spacial score (nSPS) is 12.3. The summed E-state index contributed by atoms with van der Waals surface area (Å²) in [5.74, 6) is 0.737. The van der Waals surface area contributed by atoms with Gasteiger partial charge in [0.25, 0.3) is 0 Å². The minimum Gasteiger partial charge on any atom is -0.350 e. The second kappa shape index (κ2) is 11.8. The molecule has 168 valence electrons. The summed E-state index contributed by atoms with van der Waals surface area (Å²) in [6.45, 7) is 8.08. The molecular formula is C24H30Cl2N2O2S. The lowest BCUT2D eigenvalue weighted by atomic mass is 10.1. The van der Waals surface area contributed by atoms with Gasteiger partial charge in [-0.3, -0.25) is 9.59 Å². The highest BCUT2D eigenvalue weighted by Gasteiger charge is 2.30. The quantitative estimate of drug-likeness (QED) is 0.482. The number of nitrogens with one attached hydrogen (secondary N) is 1. The number of benzene rings is 2. The van der Waals surface area contributed by atoms with E-state index in [0.717, 1.165) is 11.1 Å². The first kappa shape index (κ1) is 25.6. The first-order valence-corrected chi connectivity index (χ1v) is 12.2. The maximum Gasteiger partial charge on any atom is 0.243 e. The Morgan fingerprint density at radius 3 is 2.29 bits per heavy atom. The molecule has 0 fully saturated rings. The molecule has 0 radical (unpaired) electrons. The van der Waals surface area contributed by atoms with Crippen molar-refractivity contribution in [3.8, 4) is 0 Å². The lowest BCUT2D eigenvalue weighted by molar-refractivity contribution is -0.140. The van der Waals surface area contributed by atoms with Crippen molar-refractivity contribution in [3.05, 3.63) is 69.7 Å². The first-order chi connectivity index (χ1) is 14.6. The Hall–Kier alpha value is -1.69. The van der Waals surface area contributed by atoms with E-state index in [-0.39, 0.29) is 23.1 Å². The van der Waals surface area contributed by atoms with Gasteiger partial charge < -0.3 is 10.2 Å². The first-order valence-electron chi connectivity index (χ1n) is 10.3. The van der Waals surface area contributed by atoms with Crippen LogP contribution in [0.25, 0.3) is 0 Å². The van der Waals surface area contributed by atoms with Crippen LogP contribution in [-0.2, 0) is 21.9 Å². The van der Waals surface area contributed by atoms with Crippen molar-refractivity contribution >= 4 is 46.8 Å². The zero-order valence-corrected chi connectivity index (χ0v) is 20.8. The predicted molar refractivity (Wildman–Crippen MR) is 132 cm³/mol. The molecule has 0 bridgehead atoms. The fourth-order valence-electron chi connectivity index (χ4n) is 3.12. The van der Waals surface area contributed by atoms with Crippen LogP contribution in [0.3, 0.4) is 0 Å². The highest BCUT2D eigenvalue weighted by atomic mass is 35.5. The van der Waals surface area contributed by atoms with Gasteiger partial charge in [-0.1, -0.05) is 54.4 Å². The van der Waals surface area contributed by atoms with Crippen LogP contribution in [0.4, 0.5) is 0 Å². The number of amides is 2. The SMILES string of the molecule is CC[C@@H](C(=O)NC(C)(C)C)N(Cc1ccc(Cl)cc1)C(=O)CSCc1cccc(Cl)c1. The van der Waals surface area contributed by atoms with E-state index in [1.165, 1.54) is 11.8 Å². The molecule has 0 aliphatic rings. The van der Waals surface area contributed by atoms with Gasteiger partial charge in [-0.25, -0.2) is 0 Å². The predicted octanol–water partition coefficient (Wildman–Crippen LogP) is 5.95. The lowest BCUT2D eigenvalue weighted by Gasteiger charge is -2.33. The zero-order chi connectivity index (χ0) is 23.0. The fourth-order valence-corrected chi connectivity index (χ4v) is 4.32. The summed E-state index contributed by atoms with van der Waals surface area (Å²) in [6, 6.07) is 14.4. The summed E-state index contributed by atoms with van der Waals surface area (Å²) >= 11 is 13.6. The highest BCUT2D eigenvalue weighted by molar-refractivity contribution is 7.99. The Kier molecular flexibility index (Phi) is 9.73. The molecule has 0 aliphatic carbocycles. The number of rotatable bonds is 9. The van der Waals surface area contributed by atoms with E-state index in [0.29, 0.717) is 28.8 Å². The van der Waals surface area contributed by atoms with Crippen molar-refractivity contribution in [2.24, 2.45) is 0 Å². The largest absolute Gasteiger partial charge is 0.350 e. The van der Waals surface area contributed by atoms with E-state index in [4.69, 9.17) is 23.2 Å². The summed E-state index contributed by atoms with van der Waals surface area (Å²) in [6.07, 6.45) is 0.528. The number of nitrogens with zero attached hydrogens (tertiary/aromatic N) is 1. The minimum absolute atomic E-state index is 0.0714. The molecule has 0 heterocycles. The van der Waals surface area contributed by atoms with Crippen molar-refractivity contribution in [2.75, 3.05) is 5.75 Å². The molecule has 2 aromatic carbocycles. The molecule has 2 amide bonds. The van der Waals surface area contributed by atoms with Gasteiger partial charge in [0.05, 0.1) is 5.75 Å². The Morgan fingerprint density at radius 1 is 1.03 bits per heavy atom. The number of hydrogen-bond acceptors (Lipinski definition) is 3. The maximum atomic E-state index is 13.2. The van der Waals surface area contributed by atoms with Crippen LogP contribution in [0, 0.1) is 0 Å². The van der Waals surface area contributed by atoms with E-state index in [9.17, 15) is 9.59 Å². The number of halogens is 2. The fraction of sp³-hybridized carbons (Fsp3) is 0.417. The van der Waals surface area contributed by atoms with Gasteiger partial charge in [-0.05, 0) is 62.6 Å². The van der Waals surface area contributed by atoms with E-state index in [2.05, 4.69) is 5.32 Å². The molecule has 7 heteroatoms. The van der Waals surface area contributed by atoms with Crippen LogP contribution < -0.4 is 5.32 Å². The smallest absolute Gasteiger partial charge is 0.243 e. The summed E-state index contributed by atoms with van der Waals surface area (Å²) in [5.41, 5.74) is 1.62. The Labute approximate surface area is 199 Å². The average Bonchev–Trinajstić information content (AvgIpc) is 2.68. The van der Waals surface area contributed by atoms with Crippen LogP contribution in [0.2, 0.25) is 10.0 Å². The molecule has 1 N–H and O–H groups in total. The van der Waals surface area contributed by atoms with Gasteiger partial charge in [0.15, 0.2) is 0 Å². The van der Waals surface area contributed by atoms with E-state index in [1.54, 1.807) is 17.0 Å². The standard InChI is InChI=1S/C24H30Cl2N2O2S/c1-5-21(23(30)27-24(2,3)4)28(14-17-9-11-19(25)12-10-17)22(29)16-31-15-18-7-6-8-20(26)13-18/h6-13,21H,5,14-16H2,1-4H3,(H,27,30)/t21-/m0/s1. The Balaban J connectivity index is 2.15. The van der Waals surface area contributed by atoms with Gasteiger partial charge in [0, 0.05) is 27.9 Å². The van der Waals surface area contributed by atoms with Crippen LogP contribution in [-0.4, -0.2) is 34.0 Å². The summed E-state index contributed by atoms with van der Waals surface area (Å²) < 4.78 is 0. The van der Waals surface area contributed by atoms with Gasteiger partial charge in [-0.2, -0.15) is 0 Å².